The van der Waals surface area contributed by atoms with Crippen LogP contribution in [0.5, 0.6) is 0 Å². The van der Waals surface area contributed by atoms with Crippen LogP contribution in [0.15, 0.2) is 12.2 Å². The van der Waals surface area contributed by atoms with Gasteiger partial charge in [-0.1, -0.05) is 90.2 Å². The predicted molar refractivity (Wildman–Crippen MR) is 110 cm³/mol. The molecule has 0 aromatic rings. The average Bonchev–Trinajstić information content (AvgIpc) is 2.64. The van der Waals surface area contributed by atoms with Crippen molar-refractivity contribution >= 4 is 5.91 Å². The van der Waals surface area contributed by atoms with Crippen LogP contribution in [0, 0.1) is 0 Å². The Morgan fingerprint density at radius 1 is 0.885 bits per heavy atom. The normalized spacial score (nSPS) is 13.8. The number of hydrogen-bond acceptors (Lipinski definition) is 3. The molecular formula is C22H43NO3. The molecule has 154 valence electrons. The van der Waals surface area contributed by atoms with Gasteiger partial charge in [0.05, 0.1) is 18.8 Å². The highest BCUT2D eigenvalue weighted by Crippen LogP contribution is 2.09. The molecule has 0 aliphatic rings. The van der Waals surface area contributed by atoms with Gasteiger partial charge in [-0.3, -0.25) is 4.79 Å². The Morgan fingerprint density at radius 2 is 1.42 bits per heavy atom. The van der Waals surface area contributed by atoms with Crippen LogP contribution in [0.4, 0.5) is 0 Å². The van der Waals surface area contributed by atoms with Crippen molar-refractivity contribution in [1.29, 1.82) is 0 Å². The SMILES string of the molecule is CCCCCCCCC/C=C/C(O)C(CO)NC(=O)CCCCCCC. The van der Waals surface area contributed by atoms with Crippen LogP contribution in [0.1, 0.15) is 104 Å². The van der Waals surface area contributed by atoms with Crippen molar-refractivity contribution in [3.8, 4) is 0 Å². The van der Waals surface area contributed by atoms with E-state index >= 15 is 0 Å². The first kappa shape index (κ1) is 25.1. The highest BCUT2D eigenvalue weighted by molar-refractivity contribution is 5.76. The predicted octanol–water partition coefficient (Wildman–Crippen LogP) is 4.88. The zero-order valence-corrected chi connectivity index (χ0v) is 17.2. The topological polar surface area (TPSA) is 69.6 Å². The lowest BCUT2D eigenvalue weighted by Crippen LogP contribution is -2.45. The number of carbonyl (C=O) groups is 1. The van der Waals surface area contributed by atoms with Crippen LogP contribution >= 0.6 is 0 Å². The van der Waals surface area contributed by atoms with Crippen LogP contribution < -0.4 is 5.32 Å². The summed E-state index contributed by atoms with van der Waals surface area (Å²) < 4.78 is 0. The molecule has 26 heavy (non-hydrogen) atoms. The minimum absolute atomic E-state index is 0.0833. The third-order valence-electron chi connectivity index (χ3n) is 4.77. The van der Waals surface area contributed by atoms with Crippen molar-refractivity contribution in [2.45, 2.75) is 116 Å². The van der Waals surface area contributed by atoms with E-state index in [-0.39, 0.29) is 12.5 Å². The zero-order valence-electron chi connectivity index (χ0n) is 17.2. The van der Waals surface area contributed by atoms with Gasteiger partial charge in [-0.05, 0) is 19.3 Å². The number of hydrogen-bond donors (Lipinski definition) is 3. The number of rotatable bonds is 18. The summed E-state index contributed by atoms with van der Waals surface area (Å²) in [5.74, 6) is -0.0833. The zero-order chi connectivity index (χ0) is 19.5. The van der Waals surface area contributed by atoms with Gasteiger partial charge in [0.25, 0.3) is 0 Å². The van der Waals surface area contributed by atoms with Crippen LogP contribution in [-0.4, -0.2) is 34.9 Å². The smallest absolute Gasteiger partial charge is 0.220 e. The van der Waals surface area contributed by atoms with Crippen LogP contribution in [0.25, 0.3) is 0 Å². The van der Waals surface area contributed by atoms with Crippen molar-refractivity contribution < 1.29 is 15.0 Å². The number of carbonyl (C=O) groups excluding carboxylic acids is 1. The molecule has 0 spiro atoms. The molecule has 0 saturated carbocycles. The van der Waals surface area contributed by atoms with E-state index in [0.717, 1.165) is 32.1 Å². The Morgan fingerprint density at radius 3 is 2.00 bits per heavy atom. The fourth-order valence-corrected chi connectivity index (χ4v) is 3.00. The molecule has 0 rings (SSSR count). The molecule has 0 aliphatic heterocycles. The first-order valence-electron chi connectivity index (χ1n) is 10.9. The molecule has 0 radical (unpaired) electrons. The van der Waals surface area contributed by atoms with E-state index < -0.39 is 12.1 Å². The highest BCUT2D eigenvalue weighted by atomic mass is 16.3. The minimum atomic E-state index is -0.825. The van der Waals surface area contributed by atoms with Crippen LogP contribution in [0.2, 0.25) is 0 Å². The van der Waals surface area contributed by atoms with E-state index in [9.17, 15) is 15.0 Å². The average molecular weight is 370 g/mol. The van der Waals surface area contributed by atoms with Crippen LogP contribution in [0.3, 0.4) is 0 Å². The molecule has 4 nitrogen and oxygen atoms in total. The molecule has 4 heteroatoms. The second-order valence-corrected chi connectivity index (χ2v) is 7.35. The molecule has 0 fully saturated rings. The molecule has 0 heterocycles. The number of unbranched alkanes of at least 4 members (excludes halogenated alkanes) is 11. The van der Waals surface area contributed by atoms with Gasteiger partial charge in [0.2, 0.25) is 5.91 Å². The molecule has 0 aromatic carbocycles. The molecule has 0 aromatic heterocycles. The maximum atomic E-state index is 11.9. The maximum absolute atomic E-state index is 11.9. The lowest BCUT2D eigenvalue weighted by atomic mass is 10.1. The summed E-state index contributed by atoms with van der Waals surface area (Å²) in [6, 6.07) is -0.608. The van der Waals surface area contributed by atoms with Gasteiger partial charge >= 0.3 is 0 Å². The monoisotopic (exact) mass is 369 g/mol. The second-order valence-electron chi connectivity index (χ2n) is 7.35. The van der Waals surface area contributed by atoms with Crippen molar-refractivity contribution in [2.75, 3.05) is 6.61 Å². The van der Waals surface area contributed by atoms with Gasteiger partial charge in [0, 0.05) is 6.42 Å². The van der Waals surface area contributed by atoms with E-state index in [1.165, 1.54) is 51.4 Å². The van der Waals surface area contributed by atoms with Crippen molar-refractivity contribution in [2.24, 2.45) is 0 Å². The summed E-state index contributed by atoms with van der Waals surface area (Å²) in [4.78, 5) is 11.9. The lowest BCUT2D eigenvalue weighted by molar-refractivity contribution is -0.123. The molecule has 0 bridgehead atoms. The summed E-state index contributed by atoms with van der Waals surface area (Å²) >= 11 is 0. The highest BCUT2D eigenvalue weighted by Gasteiger charge is 2.17. The van der Waals surface area contributed by atoms with Crippen molar-refractivity contribution in [3.63, 3.8) is 0 Å². The lowest BCUT2D eigenvalue weighted by Gasteiger charge is -2.20. The van der Waals surface area contributed by atoms with Gasteiger partial charge < -0.3 is 15.5 Å². The number of aliphatic hydroxyl groups excluding tert-OH is 2. The summed E-state index contributed by atoms with van der Waals surface area (Å²) in [6.45, 7) is 4.15. The number of allylic oxidation sites excluding steroid dienone is 1. The third-order valence-corrected chi connectivity index (χ3v) is 4.77. The number of nitrogens with one attached hydrogen (secondary N) is 1. The van der Waals surface area contributed by atoms with Gasteiger partial charge in [0.1, 0.15) is 0 Å². The first-order chi connectivity index (χ1) is 12.7. The number of amides is 1. The Labute approximate surface area is 161 Å². The molecule has 2 unspecified atom stereocenters. The van der Waals surface area contributed by atoms with Gasteiger partial charge in [-0.25, -0.2) is 0 Å². The van der Waals surface area contributed by atoms with E-state index in [2.05, 4.69) is 19.2 Å². The summed E-state index contributed by atoms with van der Waals surface area (Å²) in [6.07, 6.45) is 18.7. The largest absolute Gasteiger partial charge is 0.394 e. The Kier molecular flexibility index (Phi) is 18.3. The minimum Gasteiger partial charge on any atom is -0.394 e. The molecule has 0 aliphatic carbocycles. The third kappa shape index (κ3) is 15.4. The first-order valence-corrected chi connectivity index (χ1v) is 10.9. The summed E-state index contributed by atoms with van der Waals surface area (Å²) in [5.41, 5.74) is 0. The molecule has 3 N–H and O–H groups in total. The Balaban J connectivity index is 3.83. The maximum Gasteiger partial charge on any atom is 0.220 e. The van der Waals surface area contributed by atoms with Gasteiger partial charge in [-0.15, -0.1) is 0 Å². The van der Waals surface area contributed by atoms with E-state index in [1.54, 1.807) is 6.08 Å². The Bertz CT molecular complexity index is 344. The van der Waals surface area contributed by atoms with Crippen molar-refractivity contribution in [1.82, 2.24) is 5.32 Å². The number of aliphatic hydroxyl groups is 2. The quantitative estimate of drug-likeness (QED) is 0.238. The second kappa shape index (κ2) is 18.9. The summed E-state index contributed by atoms with van der Waals surface area (Å²) in [5, 5.41) is 22.3. The standard InChI is InChI=1S/C22H43NO3/c1-3-5-7-9-10-11-12-14-15-17-21(25)20(19-24)23-22(26)18-16-13-8-6-4-2/h15,17,20-21,24-25H,3-14,16,18-19H2,1-2H3,(H,23,26)/b17-15+. The molecule has 1 amide bonds. The van der Waals surface area contributed by atoms with E-state index in [1.807, 2.05) is 6.08 Å². The van der Waals surface area contributed by atoms with E-state index in [0.29, 0.717) is 6.42 Å². The molecule has 0 saturated heterocycles. The fraction of sp³-hybridized carbons (Fsp3) is 0.864. The fourth-order valence-electron chi connectivity index (χ4n) is 3.00. The molecular weight excluding hydrogens is 326 g/mol. The van der Waals surface area contributed by atoms with Crippen molar-refractivity contribution in [3.05, 3.63) is 12.2 Å². The van der Waals surface area contributed by atoms with Gasteiger partial charge in [-0.2, -0.15) is 0 Å². The summed E-state index contributed by atoms with van der Waals surface area (Å²) in [7, 11) is 0. The van der Waals surface area contributed by atoms with Gasteiger partial charge in [0.15, 0.2) is 0 Å². The molecule has 2 atom stereocenters. The Hall–Kier alpha value is -0.870. The van der Waals surface area contributed by atoms with Crippen LogP contribution in [-0.2, 0) is 4.79 Å². The van der Waals surface area contributed by atoms with E-state index in [4.69, 9.17) is 0 Å².